The number of fused-ring (bicyclic) bond motifs is 3. The van der Waals surface area contributed by atoms with Crippen LogP contribution in [-0.4, -0.2) is 73.4 Å². The number of ketones is 1. The average Bonchev–Trinajstić information content (AvgIpc) is 3.61. The van der Waals surface area contributed by atoms with E-state index in [1.165, 1.54) is 5.56 Å². The molecule has 0 aliphatic carbocycles. The van der Waals surface area contributed by atoms with Gasteiger partial charge in [0.25, 0.3) is 0 Å². The van der Waals surface area contributed by atoms with E-state index in [4.69, 9.17) is 23.9 Å². The number of ether oxygens (including phenoxy) is 4. The molecule has 1 fully saturated rings. The fraction of sp³-hybridized carbons (Fsp3) is 0.394. The van der Waals surface area contributed by atoms with Crippen LogP contribution in [0.1, 0.15) is 45.2 Å². The largest absolute Gasteiger partial charge is 0.493 e. The summed E-state index contributed by atoms with van der Waals surface area (Å²) in [6.07, 6.45) is 2.40. The van der Waals surface area contributed by atoms with Crippen LogP contribution in [0.3, 0.4) is 0 Å². The number of Topliss-reactive ketones (excluding diaryl/α,β-unsaturated/α-hetero) is 1. The first-order valence-electron chi connectivity index (χ1n) is 14.8. The highest BCUT2D eigenvalue weighted by Crippen LogP contribution is 2.38. The Labute approximate surface area is 261 Å². The number of aliphatic imine (C=N–C) groups is 1. The maximum absolute atomic E-state index is 12.8. The lowest BCUT2D eigenvalue weighted by Crippen LogP contribution is -2.43. The second kappa shape index (κ2) is 13.3. The van der Waals surface area contributed by atoms with Gasteiger partial charge in [-0.3, -0.25) is 14.4 Å². The molecule has 0 spiro atoms. The lowest BCUT2D eigenvalue weighted by molar-refractivity contribution is -0.131. The van der Waals surface area contributed by atoms with Gasteiger partial charge in [-0.1, -0.05) is 24.3 Å². The highest BCUT2D eigenvalue weighted by molar-refractivity contribution is 7.15. The van der Waals surface area contributed by atoms with E-state index in [0.29, 0.717) is 49.8 Å². The van der Waals surface area contributed by atoms with Crippen LogP contribution < -0.4 is 19.5 Å². The second-order valence-electron chi connectivity index (χ2n) is 10.9. The van der Waals surface area contributed by atoms with Crippen molar-refractivity contribution < 1.29 is 23.7 Å². The van der Waals surface area contributed by atoms with Crippen LogP contribution in [0, 0.1) is 6.92 Å². The molecule has 1 unspecified atom stereocenters. The standard InChI is InChI=1S/C33H37N5O5S/c1-20-36-37-30-19-35-31(25-17-24(44-33(25)38(20)30)11-12-26(39)29-18-34-13-14-43-29)23-9-7-21(8-10-23)5-6-22-15-27(40-2)32(42-4)28(16-22)41-3/h7-10,15-17,29,34H,5-6,11-14,18-19H2,1-4H3. The van der Waals surface area contributed by atoms with Gasteiger partial charge in [0, 0.05) is 35.5 Å². The highest BCUT2D eigenvalue weighted by atomic mass is 32.1. The summed E-state index contributed by atoms with van der Waals surface area (Å²) in [6.45, 7) is 4.35. The number of nitrogens with zero attached hydrogens (tertiary/aromatic N) is 4. The van der Waals surface area contributed by atoms with Crippen molar-refractivity contribution in [1.82, 2.24) is 20.1 Å². The molecular formula is C33H37N5O5S. The van der Waals surface area contributed by atoms with E-state index < -0.39 is 0 Å². The Hall–Kier alpha value is -4.06. The van der Waals surface area contributed by atoms with E-state index in [0.717, 1.165) is 63.3 Å². The Morgan fingerprint density at radius 1 is 1.00 bits per heavy atom. The Bertz CT molecular complexity index is 1650. The Kier molecular flexibility index (Phi) is 9.06. The topological polar surface area (TPSA) is 109 Å². The van der Waals surface area contributed by atoms with Crippen LogP contribution >= 0.6 is 11.3 Å². The van der Waals surface area contributed by atoms with Gasteiger partial charge in [-0.05, 0) is 55.5 Å². The van der Waals surface area contributed by atoms with Gasteiger partial charge in [-0.2, -0.15) is 0 Å². The molecule has 2 aromatic carbocycles. The molecule has 2 aliphatic rings. The normalized spacial score (nSPS) is 16.0. The molecule has 0 amide bonds. The van der Waals surface area contributed by atoms with E-state index in [-0.39, 0.29) is 11.9 Å². The van der Waals surface area contributed by atoms with Gasteiger partial charge < -0.3 is 24.3 Å². The summed E-state index contributed by atoms with van der Waals surface area (Å²) >= 11 is 1.68. The van der Waals surface area contributed by atoms with Crippen LogP contribution in [0.5, 0.6) is 17.2 Å². The zero-order valence-corrected chi connectivity index (χ0v) is 26.3. The predicted molar refractivity (Wildman–Crippen MR) is 169 cm³/mol. The van der Waals surface area contributed by atoms with E-state index in [9.17, 15) is 4.79 Å². The van der Waals surface area contributed by atoms with Gasteiger partial charge in [-0.25, -0.2) is 0 Å². The summed E-state index contributed by atoms with van der Waals surface area (Å²) < 4.78 is 24.3. The third-order valence-electron chi connectivity index (χ3n) is 8.05. The third-order valence-corrected chi connectivity index (χ3v) is 9.23. The average molecular weight is 616 g/mol. The van der Waals surface area contributed by atoms with Crippen molar-refractivity contribution in [3.63, 3.8) is 0 Å². The number of hydrogen-bond donors (Lipinski definition) is 1. The van der Waals surface area contributed by atoms with Crippen molar-refractivity contribution in [3.8, 4) is 22.2 Å². The molecule has 44 heavy (non-hydrogen) atoms. The lowest BCUT2D eigenvalue weighted by Gasteiger charge is -2.22. The fourth-order valence-corrected chi connectivity index (χ4v) is 6.95. The van der Waals surface area contributed by atoms with Gasteiger partial charge in [0.1, 0.15) is 23.5 Å². The minimum Gasteiger partial charge on any atom is -0.493 e. The second-order valence-corrected chi connectivity index (χ2v) is 12.0. The molecule has 10 nitrogen and oxygen atoms in total. The summed E-state index contributed by atoms with van der Waals surface area (Å²) in [4.78, 5) is 18.9. The number of carbonyl (C=O) groups is 1. The first-order chi connectivity index (χ1) is 21.5. The first kappa shape index (κ1) is 30.0. The number of methoxy groups -OCH3 is 3. The van der Waals surface area contributed by atoms with Crippen LogP contribution in [0.4, 0.5) is 0 Å². The first-order valence-corrected chi connectivity index (χ1v) is 15.6. The maximum Gasteiger partial charge on any atom is 0.203 e. The van der Waals surface area contributed by atoms with Gasteiger partial charge in [0.05, 0.1) is 33.6 Å². The molecule has 0 radical (unpaired) electrons. The third kappa shape index (κ3) is 6.12. The summed E-state index contributed by atoms with van der Waals surface area (Å²) in [5.41, 5.74) is 5.33. The Balaban J connectivity index is 1.21. The van der Waals surface area contributed by atoms with Crippen LogP contribution in [0.2, 0.25) is 0 Å². The van der Waals surface area contributed by atoms with E-state index in [1.54, 1.807) is 32.7 Å². The molecule has 4 aromatic rings. The van der Waals surface area contributed by atoms with E-state index in [2.05, 4.69) is 50.4 Å². The molecule has 1 saturated heterocycles. The van der Waals surface area contributed by atoms with Crippen molar-refractivity contribution in [3.05, 3.63) is 81.2 Å². The van der Waals surface area contributed by atoms with Crippen molar-refractivity contribution in [2.24, 2.45) is 4.99 Å². The van der Waals surface area contributed by atoms with Crippen LogP contribution in [-0.2, 0) is 35.3 Å². The van der Waals surface area contributed by atoms with Gasteiger partial charge in [0.2, 0.25) is 5.75 Å². The van der Waals surface area contributed by atoms with Crippen molar-refractivity contribution >= 4 is 22.8 Å². The number of aryl methyl sites for hydroxylation is 4. The molecule has 230 valence electrons. The molecule has 6 rings (SSSR count). The maximum atomic E-state index is 12.8. The number of rotatable bonds is 11. The van der Waals surface area contributed by atoms with Gasteiger partial charge >= 0.3 is 0 Å². The zero-order valence-electron chi connectivity index (χ0n) is 25.5. The van der Waals surface area contributed by atoms with Crippen molar-refractivity contribution in [2.45, 2.75) is 45.3 Å². The minimum atomic E-state index is -0.363. The van der Waals surface area contributed by atoms with Gasteiger partial charge in [-0.15, -0.1) is 21.5 Å². The number of morpholine rings is 1. The van der Waals surface area contributed by atoms with E-state index in [1.807, 2.05) is 19.1 Å². The van der Waals surface area contributed by atoms with Crippen LogP contribution in [0.25, 0.3) is 5.00 Å². The number of nitrogens with one attached hydrogen (secondary N) is 1. The summed E-state index contributed by atoms with van der Waals surface area (Å²) in [6, 6.07) is 14.8. The molecule has 4 heterocycles. The molecule has 1 N–H and O–H groups in total. The molecule has 1 atom stereocenters. The molecule has 0 bridgehead atoms. The molecule has 11 heteroatoms. The fourth-order valence-electron chi connectivity index (χ4n) is 5.72. The molecular weight excluding hydrogens is 578 g/mol. The van der Waals surface area contributed by atoms with Crippen molar-refractivity contribution in [1.29, 1.82) is 0 Å². The number of benzene rings is 2. The molecule has 0 saturated carbocycles. The Morgan fingerprint density at radius 3 is 2.43 bits per heavy atom. The summed E-state index contributed by atoms with van der Waals surface area (Å²) in [5, 5.41) is 13.0. The highest BCUT2D eigenvalue weighted by Gasteiger charge is 2.26. The summed E-state index contributed by atoms with van der Waals surface area (Å²) in [5.74, 6) is 3.68. The quantitative estimate of drug-likeness (QED) is 0.266. The monoisotopic (exact) mass is 615 g/mol. The van der Waals surface area contributed by atoms with E-state index >= 15 is 0 Å². The number of aromatic nitrogens is 3. The Morgan fingerprint density at radius 2 is 1.75 bits per heavy atom. The summed E-state index contributed by atoms with van der Waals surface area (Å²) in [7, 11) is 4.87. The van der Waals surface area contributed by atoms with Gasteiger partial charge in [0.15, 0.2) is 23.1 Å². The number of hydrogen-bond acceptors (Lipinski definition) is 10. The number of carbonyl (C=O) groups excluding carboxylic acids is 1. The zero-order chi connectivity index (χ0) is 30.6. The number of thiophene rings is 1. The smallest absolute Gasteiger partial charge is 0.203 e. The predicted octanol–water partition coefficient (Wildman–Crippen LogP) is 4.29. The van der Waals surface area contributed by atoms with Crippen molar-refractivity contribution in [2.75, 3.05) is 41.0 Å². The lowest BCUT2D eigenvalue weighted by atomic mass is 9.99. The minimum absolute atomic E-state index is 0.137. The molecule has 2 aliphatic heterocycles. The van der Waals surface area contributed by atoms with Crippen LogP contribution in [0.15, 0.2) is 47.5 Å². The SMILES string of the molecule is COc1cc(CCc2ccc(C3=NCc4nnc(C)n4-c4sc(CCC(=O)C5CNCCO5)cc43)cc2)cc(OC)c1OC. The molecule has 2 aromatic heterocycles.